The van der Waals surface area contributed by atoms with E-state index in [9.17, 15) is 9.59 Å². The molecular weight excluding hydrogens is 458 g/mol. The maximum Gasteiger partial charge on any atom is 0.251 e. The third kappa shape index (κ3) is 5.69. The van der Waals surface area contributed by atoms with E-state index in [0.717, 1.165) is 43.0 Å². The van der Waals surface area contributed by atoms with Gasteiger partial charge in [0.1, 0.15) is 5.37 Å². The van der Waals surface area contributed by atoms with Crippen molar-refractivity contribution in [2.45, 2.75) is 18.5 Å². The minimum atomic E-state index is -0.106. The first-order valence-electron chi connectivity index (χ1n) is 11.9. The normalized spacial score (nSPS) is 18.1. The van der Waals surface area contributed by atoms with E-state index in [-0.39, 0.29) is 17.2 Å². The van der Waals surface area contributed by atoms with E-state index < -0.39 is 0 Å². The van der Waals surface area contributed by atoms with Crippen molar-refractivity contribution >= 4 is 29.3 Å². The van der Waals surface area contributed by atoms with Crippen molar-refractivity contribution in [3.63, 3.8) is 0 Å². The van der Waals surface area contributed by atoms with E-state index in [0.29, 0.717) is 24.4 Å². The molecule has 3 aromatic carbocycles. The molecule has 5 rings (SSSR count). The molecule has 0 spiro atoms. The number of rotatable bonds is 7. The number of carbonyl (C=O) groups is 2. The molecule has 2 fully saturated rings. The van der Waals surface area contributed by atoms with Gasteiger partial charge in [-0.15, -0.1) is 11.8 Å². The second kappa shape index (κ2) is 11.0. The molecule has 0 radical (unpaired) electrons. The fraction of sp³-hybridized carbons (Fsp3) is 0.286. The Labute approximate surface area is 210 Å². The lowest BCUT2D eigenvalue weighted by Gasteiger charge is -2.28. The summed E-state index contributed by atoms with van der Waals surface area (Å²) in [5.74, 6) is 0.514. The predicted octanol–water partition coefficient (Wildman–Crippen LogP) is 4.23. The van der Waals surface area contributed by atoms with Gasteiger partial charge < -0.3 is 19.9 Å². The lowest BCUT2D eigenvalue weighted by molar-refractivity contribution is -0.128. The Morgan fingerprint density at radius 3 is 2.34 bits per heavy atom. The number of ether oxygens (including phenoxy) is 1. The third-order valence-corrected chi connectivity index (χ3v) is 7.64. The number of anilines is 1. The Bertz CT molecular complexity index is 1150. The summed E-state index contributed by atoms with van der Waals surface area (Å²) in [4.78, 5) is 29.4. The number of hydrogen-bond acceptors (Lipinski definition) is 5. The largest absolute Gasteiger partial charge is 0.378 e. The molecule has 2 saturated heterocycles. The van der Waals surface area contributed by atoms with E-state index in [1.165, 1.54) is 5.69 Å². The van der Waals surface area contributed by atoms with Gasteiger partial charge in [0, 0.05) is 37.4 Å². The van der Waals surface area contributed by atoms with E-state index in [4.69, 9.17) is 4.74 Å². The summed E-state index contributed by atoms with van der Waals surface area (Å²) in [7, 11) is 0. The molecule has 1 N–H and O–H groups in total. The standard InChI is InChI=1S/C28H29N3O3S/c32-26-20-35-28(31(26)19-22-4-2-1-3-5-22)24-10-8-23(9-11-24)27(33)29-18-21-6-12-25(13-7-21)30-14-16-34-17-15-30/h1-13,28H,14-20H2,(H,29,33)/t28-/m0/s1. The molecule has 0 unspecified atom stereocenters. The Kier molecular flexibility index (Phi) is 7.35. The van der Waals surface area contributed by atoms with Gasteiger partial charge in [0.2, 0.25) is 5.91 Å². The lowest BCUT2D eigenvalue weighted by atomic mass is 10.1. The summed E-state index contributed by atoms with van der Waals surface area (Å²) in [6.07, 6.45) is 0. The fourth-order valence-electron chi connectivity index (χ4n) is 4.41. The van der Waals surface area contributed by atoms with Gasteiger partial charge in [-0.05, 0) is 41.0 Å². The third-order valence-electron chi connectivity index (χ3n) is 6.39. The van der Waals surface area contributed by atoms with Crippen LogP contribution < -0.4 is 10.2 Å². The molecule has 0 aromatic heterocycles. The van der Waals surface area contributed by atoms with Gasteiger partial charge >= 0.3 is 0 Å². The number of nitrogens with one attached hydrogen (secondary N) is 1. The average Bonchev–Trinajstić information content (AvgIpc) is 3.28. The number of thioether (sulfide) groups is 1. The van der Waals surface area contributed by atoms with Crippen LogP contribution in [0.15, 0.2) is 78.9 Å². The van der Waals surface area contributed by atoms with Gasteiger partial charge in [-0.3, -0.25) is 9.59 Å². The van der Waals surface area contributed by atoms with Crippen molar-refractivity contribution in [3.05, 3.63) is 101 Å². The zero-order chi connectivity index (χ0) is 24.0. The second-order valence-corrected chi connectivity index (χ2v) is 9.81. The van der Waals surface area contributed by atoms with Gasteiger partial charge in [0.05, 0.1) is 19.0 Å². The summed E-state index contributed by atoms with van der Waals surface area (Å²) < 4.78 is 5.41. The second-order valence-electron chi connectivity index (χ2n) is 8.74. The summed E-state index contributed by atoms with van der Waals surface area (Å²) >= 11 is 1.63. The first-order chi connectivity index (χ1) is 17.2. The molecule has 6 nitrogen and oxygen atoms in total. The van der Waals surface area contributed by atoms with Gasteiger partial charge in [-0.2, -0.15) is 0 Å². The van der Waals surface area contributed by atoms with E-state index in [2.05, 4.69) is 34.5 Å². The molecule has 180 valence electrons. The maximum absolute atomic E-state index is 12.7. The number of morpholine rings is 1. The molecule has 35 heavy (non-hydrogen) atoms. The summed E-state index contributed by atoms with van der Waals surface area (Å²) in [5.41, 5.74) is 5.00. The Balaban J connectivity index is 1.17. The number of hydrogen-bond donors (Lipinski definition) is 1. The minimum absolute atomic E-state index is 0.0372. The average molecular weight is 488 g/mol. The highest BCUT2D eigenvalue weighted by atomic mass is 32.2. The Hall–Kier alpha value is -3.29. The number of benzene rings is 3. The van der Waals surface area contributed by atoms with Gasteiger partial charge in [-0.1, -0.05) is 54.6 Å². The summed E-state index contributed by atoms with van der Waals surface area (Å²) in [6, 6.07) is 26.0. The molecule has 0 bridgehead atoms. The minimum Gasteiger partial charge on any atom is -0.378 e. The molecule has 2 aliphatic heterocycles. The van der Waals surface area contributed by atoms with E-state index in [1.807, 2.05) is 59.5 Å². The molecule has 2 amide bonds. The van der Waals surface area contributed by atoms with Crippen molar-refractivity contribution in [1.29, 1.82) is 0 Å². The van der Waals surface area contributed by atoms with Crippen LogP contribution in [-0.2, 0) is 22.6 Å². The SMILES string of the molecule is O=C(NCc1ccc(N2CCOCC2)cc1)c1ccc([C@@H]2SCC(=O)N2Cc2ccccc2)cc1. The zero-order valence-corrected chi connectivity index (χ0v) is 20.4. The summed E-state index contributed by atoms with van der Waals surface area (Å²) in [6.45, 7) is 4.40. The first-order valence-corrected chi connectivity index (χ1v) is 13.0. The number of amides is 2. The van der Waals surface area contributed by atoms with Crippen LogP contribution in [0.25, 0.3) is 0 Å². The molecule has 1 atom stereocenters. The van der Waals surface area contributed by atoms with Crippen LogP contribution in [-0.4, -0.2) is 48.8 Å². The van der Waals surface area contributed by atoms with Crippen molar-refractivity contribution in [2.75, 3.05) is 37.0 Å². The molecule has 2 heterocycles. The fourth-order valence-corrected chi connectivity index (χ4v) is 5.60. The van der Waals surface area contributed by atoms with Crippen molar-refractivity contribution in [3.8, 4) is 0 Å². The van der Waals surface area contributed by atoms with Crippen LogP contribution in [0.2, 0.25) is 0 Å². The highest BCUT2D eigenvalue weighted by Crippen LogP contribution is 2.39. The van der Waals surface area contributed by atoms with E-state index >= 15 is 0 Å². The highest BCUT2D eigenvalue weighted by Gasteiger charge is 2.32. The van der Waals surface area contributed by atoms with Crippen LogP contribution in [0, 0.1) is 0 Å². The van der Waals surface area contributed by atoms with Gasteiger partial charge in [0.15, 0.2) is 0 Å². The Morgan fingerprint density at radius 1 is 0.914 bits per heavy atom. The number of carbonyl (C=O) groups excluding carboxylic acids is 2. The highest BCUT2D eigenvalue weighted by molar-refractivity contribution is 8.00. The van der Waals surface area contributed by atoms with Crippen molar-refractivity contribution in [1.82, 2.24) is 10.2 Å². The van der Waals surface area contributed by atoms with Crippen LogP contribution in [0.5, 0.6) is 0 Å². The molecular formula is C28H29N3O3S. The van der Waals surface area contributed by atoms with Crippen LogP contribution in [0.4, 0.5) is 5.69 Å². The predicted molar refractivity (Wildman–Crippen MR) is 139 cm³/mol. The van der Waals surface area contributed by atoms with Gasteiger partial charge in [0.25, 0.3) is 5.91 Å². The first kappa shape index (κ1) is 23.5. The van der Waals surface area contributed by atoms with Crippen LogP contribution >= 0.6 is 11.8 Å². The van der Waals surface area contributed by atoms with Crippen molar-refractivity contribution < 1.29 is 14.3 Å². The van der Waals surface area contributed by atoms with Crippen LogP contribution in [0.1, 0.15) is 32.4 Å². The van der Waals surface area contributed by atoms with Crippen LogP contribution in [0.3, 0.4) is 0 Å². The molecule has 2 aliphatic rings. The quantitative estimate of drug-likeness (QED) is 0.541. The molecule has 3 aromatic rings. The molecule has 0 saturated carbocycles. The van der Waals surface area contributed by atoms with E-state index in [1.54, 1.807) is 11.8 Å². The Morgan fingerprint density at radius 2 is 1.63 bits per heavy atom. The maximum atomic E-state index is 12.7. The monoisotopic (exact) mass is 487 g/mol. The zero-order valence-electron chi connectivity index (χ0n) is 19.6. The van der Waals surface area contributed by atoms with Gasteiger partial charge in [-0.25, -0.2) is 0 Å². The smallest absolute Gasteiger partial charge is 0.251 e. The topological polar surface area (TPSA) is 61.9 Å². The molecule has 0 aliphatic carbocycles. The molecule has 7 heteroatoms. The summed E-state index contributed by atoms with van der Waals surface area (Å²) in [5, 5.41) is 2.97. The number of nitrogens with zero attached hydrogens (tertiary/aromatic N) is 2. The lowest BCUT2D eigenvalue weighted by Crippen LogP contribution is -2.36. The van der Waals surface area contributed by atoms with Crippen molar-refractivity contribution in [2.24, 2.45) is 0 Å².